The number of amides is 1. The molecule has 0 aromatic heterocycles. The first-order valence-electron chi connectivity index (χ1n) is 4.05. The number of nitrogens with zero attached hydrogens (tertiary/aromatic N) is 2. The Bertz CT molecular complexity index is 411. The molecule has 0 radical (unpaired) electrons. The SMILES string of the molecule is CN1C(=O)C2=CC(Cl)C=CC2=NC1=S. The summed E-state index contributed by atoms with van der Waals surface area (Å²) in [5.74, 6) is -0.144. The van der Waals surface area contributed by atoms with Gasteiger partial charge in [0.15, 0.2) is 0 Å². The van der Waals surface area contributed by atoms with Crippen LogP contribution < -0.4 is 0 Å². The lowest BCUT2D eigenvalue weighted by molar-refractivity contribution is -0.122. The minimum absolute atomic E-state index is 0.144. The van der Waals surface area contributed by atoms with Crippen molar-refractivity contribution in [2.24, 2.45) is 4.99 Å². The van der Waals surface area contributed by atoms with Crippen LogP contribution in [-0.2, 0) is 4.79 Å². The fraction of sp³-hybridized carbons (Fsp3) is 0.222. The zero-order chi connectivity index (χ0) is 10.3. The first kappa shape index (κ1) is 9.55. The van der Waals surface area contributed by atoms with Gasteiger partial charge in [0.2, 0.25) is 5.11 Å². The van der Waals surface area contributed by atoms with Crippen molar-refractivity contribution in [3.63, 3.8) is 0 Å². The number of allylic oxidation sites excluding steroid dienone is 3. The molecular formula is C9H7ClN2OS. The normalized spacial score (nSPS) is 25.9. The van der Waals surface area contributed by atoms with E-state index in [-0.39, 0.29) is 11.3 Å². The standard InChI is InChI=1S/C9H7ClN2OS/c1-12-8(13)6-4-5(10)2-3-7(6)11-9(12)14/h2-5H,1H3. The summed E-state index contributed by atoms with van der Waals surface area (Å²) in [7, 11) is 1.60. The van der Waals surface area contributed by atoms with Crippen molar-refractivity contribution < 1.29 is 4.79 Å². The number of carbonyl (C=O) groups is 1. The highest BCUT2D eigenvalue weighted by molar-refractivity contribution is 7.80. The van der Waals surface area contributed by atoms with Gasteiger partial charge in [0, 0.05) is 7.05 Å². The Morgan fingerprint density at radius 3 is 3.07 bits per heavy atom. The molecule has 0 saturated heterocycles. The molecule has 1 unspecified atom stereocenters. The predicted octanol–water partition coefficient (Wildman–Crippen LogP) is 1.29. The third-order valence-electron chi connectivity index (χ3n) is 2.08. The van der Waals surface area contributed by atoms with Gasteiger partial charge in [0.1, 0.15) is 0 Å². The summed E-state index contributed by atoms with van der Waals surface area (Å²) >= 11 is 10.8. The summed E-state index contributed by atoms with van der Waals surface area (Å²) in [5, 5.41) is 0.0489. The lowest BCUT2D eigenvalue weighted by Gasteiger charge is -2.24. The van der Waals surface area contributed by atoms with Crippen molar-refractivity contribution in [1.29, 1.82) is 0 Å². The van der Waals surface area contributed by atoms with Gasteiger partial charge < -0.3 is 0 Å². The van der Waals surface area contributed by atoms with Crippen LogP contribution in [0.25, 0.3) is 0 Å². The predicted molar refractivity (Wildman–Crippen MR) is 59.7 cm³/mol. The van der Waals surface area contributed by atoms with Gasteiger partial charge in [-0.15, -0.1) is 11.6 Å². The maximum absolute atomic E-state index is 11.7. The summed E-state index contributed by atoms with van der Waals surface area (Å²) in [5.41, 5.74) is 1.14. The average molecular weight is 227 g/mol. The zero-order valence-corrected chi connectivity index (χ0v) is 8.97. The van der Waals surface area contributed by atoms with Crippen LogP contribution in [0.15, 0.2) is 28.8 Å². The summed E-state index contributed by atoms with van der Waals surface area (Å²) in [6.45, 7) is 0. The molecule has 1 aliphatic carbocycles. The van der Waals surface area contributed by atoms with Crippen molar-refractivity contribution in [2.45, 2.75) is 5.38 Å². The molecule has 3 nitrogen and oxygen atoms in total. The van der Waals surface area contributed by atoms with Crippen LogP contribution in [0.4, 0.5) is 0 Å². The van der Waals surface area contributed by atoms with Crippen LogP contribution in [0.5, 0.6) is 0 Å². The van der Waals surface area contributed by atoms with Crippen LogP contribution in [-0.4, -0.2) is 34.1 Å². The molecule has 2 rings (SSSR count). The van der Waals surface area contributed by atoms with E-state index in [0.29, 0.717) is 16.4 Å². The van der Waals surface area contributed by atoms with E-state index < -0.39 is 0 Å². The lowest BCUT2D eigenvalue weighted by atomic mass is 10.0. The van der Waals surface area contributed by atoms with Gasteiger partial charge in [-0.2, -0.15) is 0 Å². The molecule has 14 heavy (non-hydrogen) atoms. The Morgan fingerprint density at radius 2 is 2.36 bits per heavy atom. The molecule has 0 aromatic carbocycles. The minimum Gasteiger partial charge on any atom is -0.286 e. The summed E-state index contributed by atoms with van der Waals surface area (Å²) in [6, 6.07) is 0. The molecule has 1 atom stereocenters. The number of likely N-dealkylation sites (N-methyl/N-ethyl adjacent to an activating group) is 1. The second-order valence-electron chi connectivity index (χ2n) is 3.03. The van der Waals surface area contributed by atoms with E-state index in [1.54, 1.807) is 25.3 Å². The van der Waals surface area contributed by atoms with Crippen LogP contribution in [0.1, 0.15) is 0 Å². The first-order chi connectivity index (χ1) is 6.59. The smallest absolute Gasteiger partial charge is 0.261 e. The number of rotatable bonds is 0. The zero-order valence-electron chi connectivity index (χ0n) is 7.40. The Balaban J connectivity index is 2.50. The van der Waals surface area contributed by atoms with Crippen molar-refractivity contribution in [2.75, 3.05) is 7.05 Å². The van der Waals surface area contributed by atoms with Gasteiger partial charge >= 0.3 is 0 Å². The second kappa shape index (κ2) is 3.29. The number of alkyl halides is 1. The molecule has 72 valence electrons. The van der Waals surface area contributed by atoms with E-state index >= 15 is 0 Å². The van der Waals surface area contributed by atoms with Crippen LogP contribution in [0, 0.1) is 0 Å². The molecule has 1 amide bonds. The highest BCUT2D eigenvalue weighted by Gasteiger charge is 2.28. The summed E-state index contributed by atoms with van der Waals surface area (Å²) in [6.07, 6.45) is 5.18. The number of aliphatic imine (C=N–C) groups is 1. The summed E-state index contributed by atoms with van der Waals surface area (Å²) in [4.78, 5) is 17.2. The molecule has 0 bridgehead atoms. The average Bonchev–Trinajstić information content (AvgIpc) is 2.16. The topological polar surface area (TPSA) is 32.7 Å². The van der Waals surface area contributed by atoms with E-state index in [4.69, 9.17) is 23.8 Å². The van der Waals surface area contributed by atoms with Crippen molar-refractivity contribution in [3.8, 4) is 0 Å². The molecule has 0 N–H and O–H groups in total. The van der Waals surface area contributed by atoms with Crippen molar-refractivity contribution in [1.82, 2.24) is 4.90 Å². The molecular weight excluding hydrogens is 220 g/mol. The van der Waals surface area contributed by atoms with Gasteiger partial charge in [0.25, 0.3) is 5.91 Å². The Morgan fingerprint density at radius 1 is 1.64 bits per heavy atom. The van der Waals surface area contributed by atoms with Crippen LogP contribution in [0.3, 0.4) is 0 Å². The number of halogens is 1. The van der Waals surface area contributed by atoms with Gasteiger partial charge in [-0.05, 0) is 24.4 Å². The van der Waals surface area contributed by atoms with Crippen LogP contribution >= 0.6 is 23.8 Å². The number of carbonyl (C=O) groups excluding carboxylic acids is 1. The minimum atomic E-state index is -0.243. The quantitative estimate of drug-likeness (QED) is 0.461. The van der Waals surface area contributed by atoms with E-state index in [9.17, 15) is 4.79 Å². The van der Waals surface area contributed by atoms with Gasteiger partial charge in [-0.3, -0.25) is 9.69 Å². The van der Waals surface area contributed by atoms with Crippen molar-refractivity contribution >= 4 is 40.6 Å². The Kier molecular flexibility index (Phi) is 2.25. The molecule has 0 fully saturated rings. The fourth-order valence-corrected chi connectivity index (χ4v) is 1.68. The molecule has 5 heteroatoms. The molecule has 0 aromatic rings. The Labute approximate surface area is 91.7 Å². The molecule has 2 aliphatic rings. The number of fused-ring (bicyclic) bond motifs is 1. The largest absolute Gasteiger partial charge is 0.286 e. The number of hydrogen-bond donors (Lipinski definition) is 0. The van der Waals surface area contributed by atoms with E-state index in [1.165, 1.54) is 4.90 Å². The van der Waals surface area contributed by atoms with E-state index in [0.717, 1.165) is 0 Å². The fourth-order valence-electron chi connectivity index (χ4n) is 1.30. The summed E-state index contributed by atoms with van der Waals surface area (Å²) < 4.78 is 0. The van der Waals surface area contributed by atoms with Crippen molar-refractivity contribution in [3.05, 3.63) is 23.8 Å². The highest BCUT2D eigenvalue weighted by atomic mass is 35.5. The second-order valence-corrected chi connectivity index (χ2v) is 3.90. The molecule has 1 aliphatic heterocycles. The van der Waals surface area contributed by atoms with E-state index in [1.807, 2.05) is 0 Å². The third kappa shape index (κ3) is 1.40. The highest BCUT2D eigenvalue weighted by Crippen LogP contribution is 2.19. The monoisotopic (exact) mass is 226 g/mol. The van der Waals surface area contributed by atoms with Crippen LogP contribution in [0.2, 0.25) is 0 Å². The maximum atomic E-state index is 11.7. The lowest BCUT2D eigenvalue weighted by Crippen LogP contribution is -2.39. The molecule has 1 heterocycles. The first-order valence-corrected chi connectivity index (χ1v) is 4.89. The van der Waals surface area contributed by atoms with Gasteiger partial charge in [-0.1, -0.05) is 6.08 Å². The number of thiocarbonyl (C=S) groups is 1. The maximum Gasteiger partial charge on any atom is 0.261 e. The van der Waals surface area contributed by atoms with Gasteiger partial charge in [-0.25, -0.2) is 4.99 Å². The molecule has 0 spiro atoms. The third-order valence-corrected chi connectivity index (χ3v) is 2.71. The Hall–Kier alpha value is -1.00. The number of hydrogen-bond acceptors (Lipinski definition) is 2. The molecule has 0 saturated carbocycles. The van der Waals surface area contributed by atoms with E-state index in [2.05, 4.69) is 4.99 Å². The van der Waals surface area contributed by atoms with Gasteiger partial charge in [0.05, 0.1) is 16.7 Å².